The average Bonchev–Trinajstić information content (AvgIpc) is 2.87. The Kier molecular flexibility index (Phi) is 9.02. The molecular formula is C29H29BrIN3O3. The Hall–Kier alpha value is -2.72. The SMILES string of the molecule is CCOc1cc(C=Nn2c([C@@H](C)CC)nc3ccc(Br)cc3c2=O)cc(I)c1OCc1cccc(C)c1. The maximum atomic E-state index is 13.4. The first kappa shape index (κ1) is 27.3. The molecule has 8 heteroatoms. The van der Waals surface area contributed by atoms with Crippen molar-refractivity contribution in [3.8, 4) is 11.5 Å². The molecule has 0 aliphatic heterocycles. The molecule has 6 nitrogen and oxygen atoms in total. The van der Waals surface area contributed by atoms with E-state index < -0.39 is 0 Å². The molecule has 0 radical (unpaired) electrons. The first-order chi connectivity index (χ1) is 17.8. The summed E-state index contributed by atoms with van der Waals surface area (Å²) in [5.41, 5.74) is 3.55. The second-order valence-corrected chi connectivity index (χ2v) is 10.9. The molecule has 4 rings (SSSR count). The number of aryl methyl sites for hydroxylation is 1. The summed E-state index contributed by atoms with van der Waals surface area (Å²) >= 11 is 5.70. The maximum absolute atomic E-state index is 13.4. The van der Waals surface area contributed by atoms with Crippen LogP contribution in [0.3, 0.4) is 0 Å². The molecule has 0 aliphatic carbocycles. The lowest BCUT2D eigenvalue weighted by Crippen LogP contribution is -2.23. The molecule has 0 spiro atoms. The number of rotatable bonds is 9. The van der Waals surface area contributed by atoms with Crippen LogP contribution in [0, 0.1) is 10.5 Å². The molecule has 0 bridgehead atoms. The summed E-state index contributed by atoms with van der Waals surface area (Å²) in [6.45, 7) is 9.07. The fraction of sp³-hybridized carbons (Fsp3) is 0.276. The van der Waals surface area contributed by atoms with E-state index in [1.807, 2.05) is 43.3 Å². The molecule has 1 atom stereocenters. The highest BCUT2D eigenvalue weighted by atomic mass is 127. The minimum atomic E-state index is -0.198. The molecule has 0 saturated carbocycles. The molecule has 37 heavy (non-hydrogen) atoms. The van der Waals surface area contributed by atoms with Crippen molar-refractivity contribution in [3.05, 3.63) is 95.5 Å². The van der Waals surface area contributed by atoms with Crippen molar-refractivity contribution in [2.24, 2.45) is 5.10 Å². The van der Waals surface area contributed by atoms with Gasteiger partial charge in [0.25, 0.3) is 5.56 Å². The fourth-order valence-corrected chi connectivity index (χ4v) is 5.07. The number of ether oxygens (including phenoxy) is 2. The highest BCUT2D eigenvalue weighted by molar-refractivity contribution is 14.1. The summed E-state index contributed by atoms with van der Waals surface area (Å²) in [5, 5.41) is 5.12. The van der Waals surface area contributed by atoms with E-state index in [-0.39, 0.29) is 11.5 Å². The van der Waals surface area contributed by atoms with Crippen molar-refractivity contribution >= 4 is 55.6 Å². The minimum absolute atomic E-state index is 0.0643. The van der Waals surface area contributed by atoms with Crippen molar-refractivity contribution in [2.45, 2.75) is 46.6 Å². The summed E-state index contributed by atoms with van der Waals surface area (Å²) in [6.07, 6.45) is 2.51. The van der Waals surface area contributed by atoms with Gasteiger partial charge in [0.1, 0.15) is 12.4 Å². The smallest absolute Gasteiger partial charge is 0.282 e. The first-order valence-electron chi connectivity index (χ1n) is 12.2. The third-order valence-corrected chi connectivity index (χ3v) is 7.30. The summed E-state index contributed by atoms with van der Waals surface area (Å²) in [5.74, 6) is 2.03. The van der Waals surface area contributed by atoms with Crippen LogP contribution in [0.1, 0.15) is 55.6 Å². The van der Waals surface area contributed by atoms with Gasteiger partial charge in [0, 0.05) is 10.4 Å². The minimum Gasteiger partial charge on any atom is -0.490 e. The number of hydrogen-bond donors (Lipinski definition) is 0. The van der Waals surface area contributed by atoms with Gasteiger partial charge < -0.3 is 9.47 Å². The van der Waals surface area contributed by atoms with E-state index in [2.05, 4.69) is 76.5 Å². The summed E-state index contributed by atoms with van der Waals surface area (Å²) in [6, 6.07) is 17.6. The Bertz CT molecular complexity index is 1520. The van der Waals surface area contributed by atoms with Crippen LogP contribution in [-0.4, -0.2) is 22.5 Å². The predicted molar refractivity (Wildman–Crippen MR) is 161 cm³/mol. The normalized spacial score (nSPS) is 12.3. The number of aromatic nitrogens is 2. The van der Waals surface area contributed by atoms with Crippen LogP contribution in [0.25, 0.3) is 10.9 Å². The van der Waals surface area contributed by atoms with E-state index in [9.17, 15) is 4.79 Å². The summed E-state index contributed by atoms with van der Waals surface area (Å²) in [4.78, 5) is 18.2. The van der Waals surface area contributed by atoms with Crippen LogP contribution >= 0.6 is 38.5 Å². The molecule has 1 heterocycles. The molecule has 0 saturated heterocycles. The van der Waals surface area contributed by atoms with E-state index >= 15 is 0 Å². The Morgan fingerprint density at radius 1 is 1.14 bits per heavy atom. The predicted octanol–water partition coefficient (Wildman–Crippen LogP) is 7.45. The van der Waals surface area contributed by atoms with Gasteiger partial charge in [0.05, 0.1) is 27.3 Å². The molecule has 4 aromatic rings. The lowest BCUT2D eigenvalue weighted by atomic mass is 10.1. The number of halogens is 2. The van der Waals surface area contributed by atoms with Gasteiger partial charge in [0.15, 0.2) is 11.5 Å². The van der Waals surface area contributed by atoms with Gasteiger partial charge in [-0.3, -0.25) is 4.79 Å². The van der Waals surface area contributed by atoms with Gasteiger partial charge in [-0.25, -0.2) is 4.98 Å². The fourth-order valence-electron chi connectivity index (χ4n) is 3.93. The molecular weight excluding hydrogens is 645 g/mol. The van der Waals surface area contributed by atoms with Gasteiger partial charge in [0.2, 0.25) is 0 Å². The Morgan fingerprint density at radius 2 is 1.95 bits per heavy atom. The third kappa shape index (κ3) is 6.41. The summed E-state index contributed by atoms with van der Waals surface area (Å²) < 4.78 is 15.2. The van der Waals surface area contributed by atoms with Crippen molar-refractivity contribution in [1.82, 2.24) is 9.66 Å². The second-order valence-electron chi connectivity index (χ2n) is 8.84. The van der Waals surface area contributed by atoms with Gasteiger partial charge >= 0.3 is 0 Å². The standard InChI is InChI=1S/C29H29BrIN3O3/c1-5-19(4)28-33-25-11-10-22(30)15-23(25)29(35)34(28)32-16-21-13-24(31)27(26(14-21)36-6-2)37-17-20-9-7-8-18(3)12-20/h7-16,19H,5-6,17H2,1-4H3/t19-/m0/s1. The van der Waals surface area contributed by atoms with E-state index in [1.165, 1.54) is 10.2 Å². The van der Waals surface area contributed by atoms with Crippen LogP contribution in [0.5, 0.6) is 11.5 Å². The number of nitrogens with zero attached hydrogens (tertiary/aromatic N) is 3. The monoisotopic (exact) mass is 673 g/mol. The zero-order valence-corrected chi connectivity index (χ0v) is 25.0. The van der Waals surface area contributed by atoms with Gasteiger partial charge in [-0.05, 0) is 84.3 Å². The molecule has 0 amide bonds. The molecule has 192 valence electrons. The van der Waals surface area contributed by atoms with Crippen LogP contribution in [-0.2, 0) is 6.61 Å². The van der Waals surface area contributed by atoms with E-state index in [4.69, 9.17) is 14.5 Å². The molecule has 0 N–H and O–H groups in total. The molecule has 0 fully saturated rings. The molecule has 1 aromatic heterocycles. The number of benzene rings is 3. The van der Waals surface area contributed by atoms with E-state index in [0.717, 1.165) is 25.6 Å². The maximum Gasteiger partial charge on any atom is 0.282 e. The number of hydrogen-bond acceptors (Lipinski definition) is 5. The second kappa shape index (κ2) is 12.2. The van der Waals surface area contributed by atoms with Crippen LogP contribution in [0.2, 0.25) is 0 Å². The van der Waals surface area contributed by atoms with Crippen LogP contribution < -0.4 is 15.0 Å². The Balaban J connectivity index is 1.71. The first-order valence-corrected chi connectivity index (χ1v) is 14.1. The largest absolute Gasteiger partial charge is 0.490 e. The van der Waals surface area contributed by atoms with Gasteiger partial charge in [-0.15, -0.1) is 0 Å². The van der Waals surface area contributed by atoms with Crippen molar-refractivity contribution in [3.63, 3.8) is 0 Å². The average molecular weight is 674 g/mol. The van der Waals surface area contributed by atoms with E-state index in [1.54, 1.807) is 12.3 Å². The quantitative estimate of drug-likeness (QED) is 0.137. The summed E-state index contributed by atoms with van der Waals surface area (Å²) in [7, 11) is 0. The topological polar surface area (TPSA) is 65.7 Å². The van der Waals surface area contributed by atoms with Crippen molar-refractivity contribution in [2.75, 3.05) is 6.61 Å². The van der Waals surface area contributed by atoms with Gasteiger partial charge in [-0.2, -0.15) is 9.78 Å². The Labute approximate surface area is 239 Å². The van der Waals surface area contributed by atoms with Crippen LogP contribution in [0.15, 0.2) is 69.0 Å². The third-order valence-electron chi connectivity index (χ3n) is 6.01. The highest BCUT2D eigenvalue weighted by Crippen LogP contribution is 2.34. The highest BCUT2D eigenvalue weighted by Gasteiger charge is 2.16. The molecule has 0 aliphatic rings. The number of fused-ring (bicyclic) bond motifs is 1. The lowest BCUT2D eigenvalue weighted by molar-refractivity contribution is 0.267. The zero-order chi connectivity index (χ0) is 26.5. The molecule has 0 unspecified atom stereocenters. The van der Waals surface area contributed by atoms with E-state index in [0.29, 0.717) is 41.4 Å². The van der Waals surface area contributed by atoms with Crippen molar-refractivity contribution in [1.29, 1.82) is 0 Å². The van der Waals surface area contributed by atoms with Gasteiger partial charge in [-0.1, -0.05) is 59.6 Å². The Morgan fingerprint density at radius 3 is 2.68 bits per heavy atom. The van der Waals surface area contributed by atoms with Crippen molar-refractivity contribution < 1.29 is 9.47 Å². The zero-order valence-electron chi connectivity index (χ0n) is 21.3. The lowest BCUT2D eigenvalue weighted by Gasteiger charge is -2.15. The molecule has 3 aromatic carbocycles. The van der Waals surface area contributed by atoms with Crippen LogP contribution in [0.4, 0.5) is 0 Å².